The van der Waals surface area contributed by atoms with Crippen LogP contribution in [0.1, 0.15) is 44.9 Å². The molecule has 0 radical (unpaired) electrons. The molecule has 0 atom stereocenters. The zero-order valence-electron chi connectivity index (χ0n) is 16.7. The Labute approximate surface area is 180 Å². The van der Waals surface area contributed by atoms with Crippen LogP contribution in [0.15, 0.2) is 30.7 Å². The molecule has 0 aromatic carbocycles. The molecular formula is C22H29ClN4OS. The van der Waals surface area contributed by atoms with Gasteiger partial charge in [-0.1, -0.05) is 30.9 Å². The number of pyridine rings is 2. The Bertz CT molecular complexity index is 846. The van der Waals surface area contributed by atoms with E-state index in [1.54, 1.807) is 6.20 Å². The second-order valence-electron chi connectivity index (χ2n) is 8.16. The van der Waals surface area contributed by atoms with Crippen molar-refractivity contribution in [3.8, 4) is 11.1 Å². The van der Waals surface area contributed by atoms with Crippen LogP contribution in [0.2, 0.25) is 5.02 Å². The maximum absolute atomic E-state index is 11.5. The lowest BCUT2D eigenvalue weighted by Gasteiger charge is -2.23. The fourth-order valence-corrected chi connectivity index (χ4v) is 5.80. The molecule has 0 amide bonds. The minimum atomic E-state index is -0.612. The standard InChI is InChI=1S/C22H29ClN4OS/c23-21-15-26-22(27-18-4-2-1-3-5-18)11-20(21)17-10-19(14-24-13-17)25-12-16-6-8-29(28)9-7-16/h10-11,13-16,18,25H,1-9,12H2,(H,26,27). The molecule has 0 spiro atoms. The molecule has 1 saturated carbocycles. The van der Waals surface area contributed by atoms with Gasteiger partial charge in [0.15, 0.2) is 0 Å². The molecule has 29 heavy (non-hydrogen) atoms. The average Bonchev–Trinajstić information content (AvgIpc) is 2.76. The molecule has 156 valence electrons. The summed E-state index contributed by atoms with van der Waals surface area (Å²) in [5.41, 5.74) is 2.92. The van der Waals surface area contributed by atoms with Crippen LogP contribution in [-0.4, -0.2) is 38.3 Å². The van der Waals surface area contributed by atoms with Crippen molar-refractivity contribution in [3.05, 3.63) is 35.7 Å². The number of rotatable bonds is 6. The van der Waals surface area contributed by atoms with E-state index in [2.05, 4.69) is 26.7 Å². The van der Waals surface area contributed by atoms with Crippen molar-refractivity contribution in [1.82, 2.24) is 9.97 Å². The summed E-state index contributed by atoms with van der Waals surface area (Å²) in [6, 6.07) is 4.63. The second-order valence-corrected chi connectivity index (χ2v) is 10.3. The number of anilines is 2. The van der Waals surface area contributed by atoms with Gasteiger partial charge in [-0.3, -0.25) is 9.19 Å². The van der Waals surface area contributed by atoms with Crippen molar-refractivity contribution < 1.29 is 4.21 Å². The predicted octanol–water partition coefficient (Wildman–Crippen LogP) is 5.11. The summed E-state index contributed by atoms with van der Waals surface area (Å²) in [6.07, 6.45) is 13.8. The summed E-state index contributed by atoms with van der Waals surface area (Å²) in [5, 5.41) is 7.71. The largest absolute Gasteiger partial charge is 0.384 e. The summed E-state index contributed by atoms with van der Waals surface area (Å²) in [6.45, 7) is 0.890. The van der Waals surface area contributed by atoms with Gasteiger partial charge in [0.1, 0.15) is 5.82 Å². The van der Waals surface area contributed by atoms with Gasteiger partial charge in [-0.15, -0.1) is 0 Å². The van der Waals surface area contributed by atoms with E-state index < -0.39 is 10.8 Å². The van der Waals surface area contributed by atoms with E-state index in [4.69, 9.17) is 11.6 Å². The molecule has 5 nitrogen and oxygen atoms in total. The van der Waals surface area contributed by atoms with Gasteiger partial charge in [-0.25, -0.2) is 4.98 Å². The molecule has 3 heterocycles. The highest BCUT2D eigenvalue weighted by Gasteiger charge is 2.18. The number of halogens is 1. The monoisotopic (exact) mass is 432 g/mol. The van der Waals surface area contributed by atoms with Crippen LogP contribution in [0, 0.1) is 5.92 Å². The Morgan fingerprint density at radius 3 is 2.62 bits per heavy atom. The lowest BCUT2D eigenvalue weighted by Crippen LogP contribution is -2.24. The third kappa shape index (κ3) is 5.70. The first kappa shape index (κ1) is 20.6. The highest BCUT2D eigenvalue weighted by molar-refractivity contribution is 7.85. The Morgan fingerprint density at radius 2 is 1.83 bits per heavy atom. The normalized spacial score (nSPS) is 22.9. The molecule has 7 heteroatoms. The van der Waals surface area contributed by atoms with Crippen molar-refractivity contribution in [1.29, 1.82) is 0 Å². The SMILES string of the molecule is O=S1CCC(CNc2cncc(-c3cc(NC4CCCCC4)ncc3Cl)c2)CC1. The number of aromatic nitrogens is 2. The Balaban J connectivity index is 1.44. The van der Waals surface area contributed by atoms with Crippen LogP contribution in [0.4, 0.5) is 11.5 Å². The molecule has 2 aliphatic rings. The number of nitrogens with one attached hydrogen (secondary N) is 2. The Morgan fingerprint density at radius 1 is 1.03 bits per heavy atom. The average molecular weight is 433 g/mol. The van der Waals surface area contributed by atoms with Crippen LogP contribution in [0.3, 0.4) is 0 Å². The van der Waals surface area contributed by atoms with Gasteiger partial charge in [-0.05, 0) is 43.7 Å². The predicted molar refractivity (Wildman–Crippen MR) is 122 cm³/mol. The molecule has 2 aromatic rings. The first-order chi connectivity index (χ1) is 14.2. The molecule has 4 rings (SSSR count). The van der Waals surface area contributed by atoms with E-state index in [0.29, 0.717) is 17.0 Å². The third-order valence-electron chi connectivity index (χ3n) is 5.96. The quantitative estimate of drug-likeness (QED) is 0.663. The Hall–Kier alpha value is -1.66. The number of hydrogen-bond acceptors (Lipinski definition) is 5. The summed E-state index contributed by atoms with van der Waals surface area (Å²) in [4.78, 5) is 8.89. The highest BCUT2D eigenvalue weighted by atomic mass is 35.5. The van der Waals surface area contributed by atoms with E-state index >= 15 is 0 Å². The lowest BCUT2D eigenvalue weighted by molar-refractivity contribution is 0.462. The van der Waals surface area contributed by atoms with Gasteiger partial charge in [0.25, 0.3) is 0 Å². The van der Waals surface area contributed by atoms with E-state index in [1.165, 1.54) is 32.1 Å². The topological polar surface area (TPSA) is 66.9 Å². The minimum Gasteiger partial charge on any atom is -0.384 e. The first-order valence-corrected chi connectivity index (χ1v) is 12.5. The van der Waals surface area contributed by atoms with E-state index in [-0.39, 0.29) is 0 Å². The summed E-state index contributed by atoms with van der Waals surface area (Å²) >= 11 is 6.47. The minimum absolute atomic E-state index is 0.501. The van der Waals surface area contributed by atoms with E-state index in [9.17, 15) is 4.21 Å². The maximum atomic E-state index is 11.5. The van der Waals surface area contributed by atoms with Crippen molar-refractivity contribution in [2.45, 2.75) is 51.0 Å². The van der Waals surface area contributed by atoms with Crippen LogP contribution in [0.5, 0.6) is 0 Å². The summed E-state index contributed by atoms with van der Waals surface area (Å²) in [5.74, 6) is 3.11. The highest BCUT2D eigenvalue weighted by Crippen LogP contribution is 2.31. The molecule has 1 aliphatic carbocycles. The van der Waals surface area contributed by atoms with Crippen LogP contribution in [-0.2, 0) is 10.8 Å². The van der Waals surface area contributed by atoms with E-state index in [0.717, 1.165) is 53.5 Å². The van der Waals surface area contributed by atoms with Gasteiger partial charge in [-0.2, -0.15) is 0 Å². The zero-order valence-corrected chi connectivity index (χ0v) is 18.3. The first-order valence-electron chi connectivity index (χ1n) is 10.6. The third-order valence-corrected chi connectivity index (χ3v) is 7.65. The van der Waals surface area contributed by atoms with Crippen LogP contribution in [0.25, 0.3) is 11.1 Å². The van der Waals surface area contributed by atoms with E-state index in [1.807, 2.05) is 18.5 Å². The fourth-order valence-electron chi connectivity index (χ4n) is 4.19. The molecule has 1 aliphatic heterocycles. The molecular weight excluding hydrogens is 404 g/mol. The lowest BCUT2D eigenvalue weighted by atomic mass is 9.95. The van der Waals surface area contributed by atoms with Crippen molar-refractivity contribution >= 4 is 33.9 Å². The summed E-state index contributed by atoms with van der Waals surface area (Å²) < 4.78 is 11.5. The van der Waals surface area contributed by atoms with Gasteiger partial charge >= 0.3 is 0 Å². The Kier molecular flexibility index (Phi) is 7.03. The van der Waals surface area contributed by atoms with Gasteiger partial charge in [0.2, 0.25) is 0 Å². The molecule has 0 unspecified atom stereocenters. The zero-order chi connectivity index (χ0) is 20.1. The van der Waals surface area contributed by atoms with Gasteiger partial charge < -0.3 is 10.6 Å². The molecule has 2 N–H and O–H groups in total. The van der Waals surface area contributed by atoms with Crippen LogP contribution < -0.4 is 10.6 Å². The number of nitrogens with zero attached hydrogens (tertiary/aromatic N) is 2. The van der Waals surface area contributed by atoms with Crippen molar-refractivity contribution in [2.75, 3.05) is 28.7 Å². The van der Waals surface area contributed by atoms with Gasteiger partial charge in [0, 0.05) is 64.6 Å². The fraction of sp³-hybridized carbons (Fsp3) is 0.545. The molecule has 1 saturated heterocycles. The second kappa shape index (κ2) is 9.90. The van der Waals surface area contributed by atoms with Crippen molar-refractivity contribution in [2.24, 2.45) is 5.92 Å². The molecule has 2 aromatic heterocycles. The number of hydrogen-bond donors (Lipinski definition) is 2. The smallest absolute Gasteiger partial charge is 0.126 e. The van der Waals surface area contributed by atoms with Crippen LogP contribution >= 0.6 is 11.6 Å². The van der Waals surface area contributed by atoms with Crippen molar-refractivity contribution in [3.63, 3.8) is 0 Å². The molecule has 0 bridgehead atoms. The summed E-state index contributed by atoms with van der Waals surface area (Å²) in [7, 11) is -0.612. The van der Waals surface area contributed by atoms with Gasteiger partial charge in [0.05, 0.1) is 10.7 Å². The maximum Gasteiger partial charge on any atom is 0.126 e. The molecule has 2 fully saturated rings.